The van der Waals surface area contributed by atoms with Gasteiger partial charge in [0, 0.05) is 57.6 Å². The Balaban J connectivity index is 1.51. The molecule has 24 heavy (non-hydrogen) atoms. The summed E-state index contributed by atoms with van der Waals surface area (Å²) < 4.78 is 0. The highest BCUT2D eigenvalue weighted by atomic mass is 16.2. The van der Waals surface area contributed by atoms with Crippen molar-refractivity contribution >= 4 is 17.5 Å². The molecule has 0 unspecified atom stereocenters. The summed E-state index contributed by atoms with van der Waals surface area (Å²) in [5.74, 6) is 0.178. The standard InChI is InChI=1S/C18H26N4O2/c1-20(2)16-5-3-4-14(12-16)18(24)22-10-8-21(9-11-22)13-17(23)19-15-6-7-15/h3-5,12,15H,6-11,13H2,1-2H3,(H,19,23). The normalized spacial score (nSPS) is 18.3. The Hall–Kier alpha value is -2.08. The van der Waals surface area contributed by atoms with Gasteiger partial charge in [-0.3, -0.25) is 14.5 Å². The van der Waals surface area contributed by atoms with Crippen molar-refractivity contribution in [3.05, 3.63) is 29.8 Å². The van der Waals surface area contributed by atoms with E-state index >= 15 is 0 Å². The minimum atomic E-state index is 0.0702. The fourth-order valence-corrected chi connectivity index (χ4v) is 2.91. The predicted molar refractivity (Wildman–Crippen MR) is 94.3 cm³/mol. The number of piperazine rings is 1. The summed E-state index contributed by atoms with van der Waals surface area (Å²) in [6, 6.07) is 8.11. The van der Waals surface area contributed by atoms with Gasteiger partial charge in [0.1, 0.15) is 0 Å². The fraction of sp³-hybridized carbons (Fsp3) is 0.556. The predicted octanol–water partition coefficient (Wildman–Crippen LogP) is 0.789. The van der Waals surface area contributed by atoms with Crippen LogP contribution < -0.4 is 10.2 Å². The molecule has 1 N–H and O–H groups in total. The molecule has 3 rings (SSSR count). The van der Waals surface area contributed by atoms with Crippen molar-refractivity contribution < 1.29 is 9.59 Å². The highest BCUT2D eigenvalue weighted by molar-refractivity contribution is 5.95. The molecular formula is C18H26N4O2. The van der Waals surface area contributed by atoms with E-state index in [9.17, 15) is 9.59 Å². The average molecular weight is 330 g/mol. The van der Waals surface area contributed by atoms with Crippen LogP contribution in [-0.2, 0) is 4.79 Å². The van der Waals surface area contributed by atoms with Gasteiger partial charge in [-0.15, -0.1) is 0 Å². The van der Waals surface area contributed by atoms with E-state index in [0.29, 0.717) is 25.7 Å². The maximum Gasteiger partial charge on any atom is 0.254 e. The molecule has 0 spiro atoms. The molecule has 1 aromatic rings. The van der Waals surface area contributed by atoms with Crippen LogP contribution in [0.1, 0.15) is 23.2 Å². The monoisotopic (exact) mass is 330 g/mol. The van der Waals surface area contributed by atoms with Crippen molar-refractivity contribution in [3.63, 3.8) is 0 Å². The topological polar surface area (TPSA) is 55.9 Å². The van der Waals surface area contributed by atoms with Gasteiger partial charge in [0.15, 0.2) is 0 Å². The Morgan fingerprint density at radius 2 is 1.88 bits per heavy atom. The third-order valence-electron chi connectivity index (χ3n) is 4.58. The van der Waals surface area contributed by atoms with Crippen LogP contribution in [0.3, 0.4) is 0 Å². The SMILES string of the molecule is CN(C)c1cccc(C(=O)N2CCN(CC(=O)NC3CC3)CC2)c1. The van der Waals surface area contributed by atoms with E-state index in [1.807, 2.05) is 48.2 Å². The second-order valence-corrected chi connectivity index (χ2v) is 6.85. The maximum absolute atomic E-state index is 12.7. The third-order valence-corrected chi connectivity index (χ3v) is 4.58. The minimum Gasteiger partial charge on any atom is -0.378 e. The van der Waals surface area contributed by atoms with Crippen molar-refractivity contribution in [3.8, 4) is 0 Å². The van der Waals surface area contributed by atoms with Crippen LogP contribution in [-0.4, -0.2) is 74.5 Å². The lowest BCUT2D eigenvalue weighted by Gasteiger charge is -2.34. The highest BCUT2D eigenvalue weighted by Crippen LogP contribution is 2.19. The van der Waals surface area contributed by atoms with Gasteiger partial charge in [0.25, 0.3) is 5.91 Å². The Bertz CT molecular complexity index is 605. The number of rotatable bonds is 5. The van der Waals surface area contributed by atoms with Gasteiger partial charge in [-0.25, -0.2) is 0 Å². The van der Waals surface area contributed by atoms with E-state index in [2.05, 4.69) is 10.2 Å². The van der Waals surface area contributed by atoms with E-state index in [-0.39, 0.29) is 11.8 Å². The Labute approximate surface area is 143 Å². The van der Waals surface area contributed by atoms with Gasteiger partial charge >= 0.3 is 0 Å². The van der Waals surface area contributed by atoms with E-state index in [4.69, 9.17) is 0 Å². The lowest BCUT2D eigenvalue weighted by Crippen LogP contribution is -2.51. The van der Waals surface area contributed by atoms with Gasteiger partial charge in [0.05, 0.1) is 6.54 Å². The number of anilines is 1. The molecule has 2 fully saturated rings. The number of nitrogens with zero attached hydrogens (tertiary/aromatic N) is 3. The molecule has 130 valence electrons. The molecule has 1 heterocycles. The van der Waals surface area contributed by atoms with Gasteiger partial charge in [-0.1, -0.05) is 6.07 Å². The summed E-state index contributed by atoms with van der Waals surface area (Å²) in [5.41, 5.74) is 1.75. The summed E-state index contributed by atoms with van der Waals surface area (Å²) in [4.78, 5) is 30.5. The molecule has 0 atom stereocenters. The van der Waals surface area contributed by atoms with Crippen molar-refractivity contribution in [2.75, 3.05) is 51.7 Å². The van der Waals surface area contributed by atoms with Crippen LogP contribution in [0, 0.1) is 0 Å². The molecule has 2 aliphatic rings. The average Bonchev–Trinajstić information content (AvgIpc) is 3.39. The molecule has 0 radical (unpaired) electrons. The summed E-state index contributed by atoms with van der Waals surface area (Å²) in [5, 5.41) is 3.01. The number of carbonyl (C=O) groups excluding carboxylic acids is 2. The lowest BCUT2D eigenvalue weighted by molar-refractivity contribution is -0.122. The van der Waals surface area contributed by atoms with E-state index < -0.39 is 0 Å². The summed E-state index contributed by atoms with van der Waals surface area (Å²) in [7, 11) is 3.93. The van der Waals surface area contributed by atoms with Crippen molar-refractivity contribution in [1.82, 2.24) is 15.1 Å². The molecule has 6 nitrogen and oxygen atoms in total. The smallest absolute Gasteiger partial charge is 0.254 e. The van der Waals surface area contributed by atoms with Crippen LogP contribution in [0.5, 0.6) is 0 Å². The Kier molecular flexibility index (Phi) is 5.04. The second kappa shape index (κ2) is 7.21. The number of carbonyl (C=O) groups is 2. The largest absolute Gasteiger partial charge is 0.378 e. The van der Waals surface area contributed by atoms with Crippen LogP contribution >= 0.6 is 0 Å². The minimum absolute atomic E-state index is 0.0702. The molecule has 1 aliphatic carbocycles. The first kappa shape index (κ1) is 16.8. The number of benzene rings is 1. The quantitative estimate of drug-likeness (QED) is 0.867. The van der Waals surface area contributed by atoms with E-state index in [1.54, 1.807) is 0 Å². The fourth-order valence-electron chi connectivity index (χ4n) is 2.91. The molecule has 6 heteroatoms. The van der Waals surface area contributed by atoms with Crippen LogP contribution in [0.25, 0.3) is 0 Å². The molecule has 1 aromatic carbocycles. The highest BCUT2D eigenvalue weighted by Gasteiger charge is 2.26. The molecular weight excluding hydrogens is 304 g/mol. The summed E-state index contributed by atoms with van der Waals surface area (Å²) in [6.45, 7) is 3.27. The number of hydrogen-bond acceptors (Lipinski definition) is 4. The van der Waals surface area contributed by atoms with Crippen LogP contribution in [0.4, 0.5) is 5.69 Å². The van der Waals surface area contributed by atoms with E-state index in [1.165, 1.54) is 0 Å². The molecule has 1 saturated heterocycles. The summed E-state index contributed by atoms with van der Waals surface area (Å²) in [6.07, 6.45) is 2.22. The first-order valence-corrected chi connectivity index (χ1v) is 8.61. The number of nitrogens with one attached hydrogen (secondary N) is 1. The third kappa shape index (κ3) is 4.26. The zero-order valence-electron chi connectivity index (χ0n) is 14.5. The van der Waals surface area contributed by atoms with Gasteiger partial charge < -0.3 is 15.1 Å². The number of amides is 2. The van der Waals surface area contributed by atoms with Gasteiger partial charge in [-0.05, 0) is 31.0 Å². The van der Waals surface area contributed by atoms with Crippen LogP contribution in [0.15, 0.2) is 24.3 Å². The molecule has 1 aliphatic heterocycles. The summed E-state index contributed by atoms with van der Waals surface area (Å²) >= 11 is 0. The zero-order valence-corrected chi connectivity index (χ0v) is 14.5. The molecule has 2 amide bonds. The maximum atomic E-state index is 12.7. The second-order valence-electron chi connectivity index (χ2n) is 6.85. The van der Waals surface area contributed by atoms with Gasteiger partial charge in [-0.2, -0.15) is 0 Å². The molecule has 0 bridgehead atoms. The van der Waals surface area contributed by atoms with Crippen LogP contribution in [0.2, 0.25) is 0 Å². The Morgan fingerprint density at radius 1 is 1.17 bits per heavy atom. The van der Waals surface area contributed by atoms with Gasteiger partial charge in [0.2, 0.25) is 5.91 Å². The van der Waals surface area contributed by atoms with E-state index in [0.717, 1.165) is 37.2 Å². The lowest BCUT2D eigenvalue weighted by atomic mass is 10.1. The van der Waals surface area contributed by atoms with Crippen molar-refractivity contribution in [1.29, 1.82) is 0 Å². The molecule has 0 aromatic heterocycles. The first-order chi connectivity index (χ1) is 11.5. The van der Waals surface area contributed by atoms with Crippen molar-refractivity contribution in [2.24, 2.45) is 0 Å². The van der Waals surface area contributed by atoms with Crippen molar-refractivity contribution in [2.45, 2.75) is 18.9 Å². The first-order valence-electron chi connectivity index (χ1n) is 8.61. The molecule has 1 saturated carbocycles. The zero-order chi connectivity index (χ0) is 17.1. The Morgan fingerprint density at radius 3 is 2.50 bits per heavy atom. The number of hydrogen-bond donors (Lipinski definition) is 1.